The summed E-state index contributed by atoms with van der Waals surface area (Å²) in [4.78, 5) is 30.7. The first-order valence-electron chi connectivity index (χ1n) is 9.05. The molecule has 0 spiro atoms. The lowest BCUT2D eigenvalue weighted by molar-refractivity contribution is -0.139. The number of esters is 1. The highest BCUT2D eigenvalue weighted by molar-refractivity contribution is 6.04. The number of nitrogens with zero attached hydrogens (tertiary/aromatic N) is 2. The lowest BCUT2D eigenvalue weighted by atomic mass is 10.1. The van der Waals surface area contributed by atoms with Gasteiger partial charge in [0.2, 0.25) is 0 Å². The monoisotopic (exact) mass is 372 g/mol. The first-order valence-corrected chi connectivity index (χ1v) is 9.05. The van der Waals surface area contributed by atoms with Gasteiger partial charge in [0.05, 0.1) is 44.5 Å². The van der Waals surface area contributed by atoms with Crippen molar-refractivity contribution >= 4 is 23.8 Å². The summed E-state index contributed by atoms with van der Waals surface area (Å²) in [6.45, 7) is 2.67. The van der Waals surface area contributed by atoms with Crippen molar-refractivity contribution in [2.75, 3.05) is 20.8 Å². The van der Waals surface area contributed by atoms with Gasteiger partial charge in [0, 0.05) is 18.5 Å². The molecule has 0 saturated carbocycles. The van der Waals surface area contributed by atoms with Gasteiger partial charge in [-0.3, -0.25) is 14.6 Å². The Labute approximate surface area is 158 Å². The Morgan fingerprint density at radius 2 is 2.11 bits per heavy atom. The molecule has 0 aromatic heterocycles. The molecule has 2 aliphatic rings. The minimum Gasteiger partial charge on any atom is -0.493 e. The number of methoxy groups -OCH3 is 2. The second-order valence-electron chi connectivity index (χ2n) is 6.52. The number of ether oxygens (including phenoxy) is 3. The van der Waals surface area contributed by atoms with Gasteiger partial charge in [0.15, 0.2) is 11.5 Å². The number of benzene rings is 1. The Bertz CT molecular complexity index is 800. The standard InChI is InChI=1S/C20H24N2O5/c1-4-5-6-27-18-10-16-15(9-17(18)25-2)20(24)22-12-13(8-19(23)26-3)7-14(22)11-21-16/h9-12,14H,4-8H2,1-3H3/t14-/m0/s1. The van der Waals surface area contributed by atoms with E-state index in [0.29, 0.717) is 35.8 Å². The highest BCUT2D eigenvalue weighted by Gasteiger charge is 2.33. The second-order valence-corrected chi connectivity index (χ2v) is 6.52. The molecule has 7 heteroatoms. The highest BCUT2D eigenvalue weighted by atomic mass is 16.5. The van der Waals surface area contributed by atoms with Crippen LogP contribution in [0.4, 0.5) is 5.69 Å². The number of unbranched alkanes of at least 4 members (excludes halogenated alkanes) is 1. The molecule has 1 amide bonds. The third-order valence-electron chi connectivity index (χ3n) is 4.64. The topological polar surface area (TPSA) is 77.4 Å². The van der Waals surface area contributed by atoms with Crippen molar-refractivity contribution in [2.45, 2.75) is 38.6 Å². The molecule has 3 rings (SSSR count). The minimum absolute atomic E-state index is 0.172. The van der Waals surface area contributed by atoms with Crippen LogP contribution >= 0.6 is 0 Å². The summed E-state index contributed by atoms with van der Waals surface area (Å²) in [5, 5.41) is 0. The number of hydrogen-bond acceptors (Lipinski definition) is 6. The maximum Gasteiger partial charge on any atom is 0.309 e. The maximum atomic E-state index is 13.0. The predicted molar refractivity (Wildman–Crippen MR) is 101 cm³/mol. The Kier molecular flexibility index (Phi) is 5.78. The molecule has 0 bridgehead atoms. The van der Waals surface area contributed by atoms with Gasteiger partial charge in [0.1, 0.15) is 0 Å². The second kappa shape index (κ2) is 8.24. The SMILES string of the molecule is CCCCOc1cc2c(cc1OC)C(=O)N1C=C(CC(=O)OC)C[C@H]1C=N2. The smallest absolute Gasteiger partial charge is 0.309 e. The van der Waals surface area contributed by atoms with Crippen LogP contribution in [0.3, 0.4) is 0 Å². The predicted octanol–water partition coefficient (Wildman–Crippen LogP) is 3.25. The summed E-state index contributed by atoms with van der Waals surface area (Å²) in [6.07, 6.45) is 6.17. The summed E-state index contributed by atoms with van der Waals surface area (Å²) in [5.41, 5.74) is 1.86. The van der Waals surface area contributed by atoms with E-state index in [0.717, 1.165) is 18.4 Å². The molecule has 0 unspecified atom stereocenters. The summed E-state index contributed by atoms with van der Waals surface area (Å²) in [6, 6.07) is 3.21. The van der Waals surface area contributed by atoms with Crippen LogP contribution < -0.4 is 9.47 Å². The van der Waals surface area contributed by atoms with E-state index >= 15 is 0 Å². The van der Waals surface area contributed by atoms with Crippen LogP contribution in [0.2, 0.25) is 0 Å². The molecule has 7 nitrogen and oxygen atoms in total. The third kappa shape index (κ3) is 3.97. The van der Waals surface area contributed by atoms with E-state index in [1.165, 1.54) is 7.11 Å². The molecule has 1 aromatic rings. The van der Waals surface area contributed by atoms with Gasteiger partial charge >= 0.3 is 5.97 Å². The van der Waals surface area contributed by atoms with Crippen LogP contribution in [-0.4, -0.2) is 49.9 Å². The quantitative estimate of drug-likeness (QED) is 0.542. The van der Waals surface area contributed by atoms with E-state index in [4.69, 9.17) is 14.2 Å². The molecule has 1 aromatic carbocycles. The normalized spacial score (nSPS) is 17.7. The molecule has 27 heavy (non-hydrogen) atoms. The van der Waals surface area contributed by atoms with Gasteiger partial charge in [0.25, 0.3) is 5.91 Å². The summed E-state index contributed by atoms with van der Waals surface area (Å²) in [7, 11) is 2.90. The fraction of sp³-hybridized carbons (Fsp3) is 0.450. The van der Waals surface area contributed by atoms with Crippen molar-refractivity contribution in [3.63, 3.8) is 0 Å². The summed E-state index contributed by atoms with van der Waals surface area (Å²) < 4.78 is 15.9. The van der Waals surface area contributed by atoms with Crippen LogP contribution in [0.15, 0.2) is 28.9 Å². The van der Waals surface area contributed by atoms with Gasteiger partial charge in [-0.1, -0.05) is 13.3 Å². The number of carbonyl (C=O) groups excluding carboxylic acids is 2. The van der Waals surface area contributed by atoms with E-state index < -0.39 is 0 Å². The number of hydrogen-bond donors (Lipinski definition) is 0. The first kappa shape index (κ1) is 18.9. The van der Waals surface area contributed by atoms with Gasteiger partial charge in [-0.15, -0.1) is 0 Å². The molecule has 2 aliphatic heterocycles. The summed E-state index contributed by atoms with van der Waals surface area (Å²) in [5.74, 6) is 0.591. The van der Waals surface area contributed by atoms with E-state index in [2.05, 4.69) is 11.9 Å². The Balaban J connectivity index is 1.88. The van der Waals surface area contributed by atoms with E-state index in [1.807, 2.05) is 0 Å². The van der Waals surface area contributed by atoms with E-state index in [9.17, 15) is 9.59 Å². The Hall–Kier alpha value is -2.83. The summed E-state index contributed by atoms with van der Waals surface area (Å²) >= 11 is 0. The lowest BCUT2D eigenvalue weighted by Gasteiger charge is -2.19. The van der Waals surface area contributed by atoms with Crippen LogP contribution in [0.25, 0.3) is 0 Å². The van der Waals surface area contributed by atoms with E-state index in [1.54, 1.807) is 36.6 Å². The molecular weight excluding hydrogens is 348 g/mol. The number of rotatable bonds is 7. The van der Waals surface area contributed by atoms with Crippen LogP contribution in [0.5, 0.6) is 11.5 Å². The van der Waals surface area contributed by atoms with Crippen LogP contribution in [-0.2, 0) is 9.53 Å². The number of amides is 1. The third-order valence-corrected chi connectivity index (χ3v) is 4.64. The zero-order valence-corrected chi connectivity index (χ0v) is 15.9. The molecule has 0 radical (unpaired) electrons. The van der Waals surface area contributed by atoms with Crippen molar-refractivity contribution in [3.05, 3.63) is 29.5 Å². The number of aliphatic imine (C=N–C) groups is 1. The van der Waals surface area contributed by atoms with Crippen molar-refractivity contribution < 1.29 is 23.8 Å². The van der Waals surface area contributed by atoms with Gasteiger partial charge in [-0.05, 0) is 24.5 Å². The molecule has 1 atom stereocenters. The Morgan fingerprint density at radius 1 is 1.30 bits per heavy atom. The van der Waals surface area contributed by atoms with Crippen molar-refractivity contribution in [2.24, 2.45) is 4.99 Å². The lowest BCUT2D eigenvalue weighted by Crippen LogP contribution is -2.32. The molecule has 0 saturated heterocycles. The molecule has 0 fully saturated rings. The minimum atomic E-state index is -0.320. The average molecular weight is 372 g/mol. The van der Waals surface area contributed by atoms with E-state index in [-0.39, 0.29) is 24.3 Å². The van der Waals surface area contributed by atoms with Crippen molar-refractivity contribution in [1.82, 2.24) is 4.90 Å². The first-order chi connectivity index (χ1) is 13.1. The van der Waals surface area contributed by atoms with Crippen molar-refractivity contribution in [1.29, 1.82) is 0 Å². The fourth-order valence-corrected chi connectivity index (χ4v) is 3.15. The Morgan fingerprint density at radius 3 is 2.81 bits per heavy atom. The van der Waals surface area contributed by atoms with Gasteiger partial charge < -0.3 is 19.1 Å². The van der Waals surface area contributed by atoms with Crippen LogP contribution in [0.1, 0.15) is 43.0 Å². The highest BCUT2D eigenvalue weighted by Crippen LogP contribution is 2.38. The largest absolute Gasteiger partial charge is 0.493 e. The van der Waals surface area contributed by atoms with Crippen LogP contribution in [0, 0.1) is 0 Å². The molecule has 2 heterocycles. The van der Waals surface area contributed by atoms with Gasteiger partial charge in [-0.25, -0.2) is 0 Å². The average Bonchev–Trinajstić information content (AvgIpc) is 3.03. The zero-order valence-electron chi connectivity index (χ0n) is 15.9. The maximum absolute atomic E-state index is 13.0. The zero-order chi connectivity index (χ0) is 19.4. The number of carbonyl (C=O) groups is 2. The molecule has 144 valence electrons. The molecule has 0 aliphatic carbocycles. The van der Waals surface area contributed by atoms with Crippen molar-refractivity contribution in [3.8, 4) is 11.5 Å². The van der Waals surface area contributed by atoms with Gasteiger partial charge in [-0.2, -0.15) is 0 Å². The fourth-order valence-electron chi connectivity index (χ4n) is 3.15. The molecule has 0 N–H and O–H groups in total. The number of fused-ring (bicyclic) bond motifs is 2. The molecular formula is C20H24N2O5.